The number of rotatable bonds is 4. The van der Waals surface area contributed by atoms with Crippen LogP contribution in [-0.2, 0) is 0 Å². The zero-order valence-electron chi connectivity index (χ0n) is 16.1. The van der Waals surface area contributed by atoms with Gasteiger partial charge < -0.3 is 15.5 Å². The maximum Gasteiger partial charge on any atom is 0.139 e. The van der Waals surface area contributed by atoms with Crippen molar-refractivity contribution in [1.29, 1.82) is 0 Å². The summed E-state index contributed by atoms with van der Waals surface area (Å²) in [5.41, 5.74) is 3.89. The van der Waals surface area contributed by atoms with E-state index in [9.17, 15) is 4.39 Å². The van der Waals surface area contributed by atoms with Gasteiger partial charge in [-0.15, -0.1) is 0 Å². The van der Waals surface area contributed by atoms with Crippen LogP contribution in [0.1, 0.15) is 38.7 Å². The highest BCUT2D eigenvalue weighted by atomic mass is 19.1. The number of hydrogen-bond donors (Lipinski definition) is 2. The van der Waals surface area contributed by atoms with Gasteiger partial charge in [-0.25, -0.2) is 9.38 Å². The average Bonchev–Trinajstić information content (AvgIpc) is 3.28. The molecule has 0 atom stereocenters. The average molecular weight is 366 g/mol. The molecule has 1 aromatic carbocycles. The Hall–Kier alpha value is -2.40. The maximum atomic E-state index is 14.5. The lowest BCUT2D eigenvalue weighted by molar-refractivity contribution is 0.234. The molecular weight excluding hydrogens is 339 g/mol. The smallest absolute Gasteiger partial charge is 0.139 e. The molecule has 2 aliphatic heterocycles. The van der Waals surface area contributed by atoms with E-state index in [1.165, 1.54) is 18.9 Å². The lowest BCUT2D eigenvalue weighted by atomic mass is 9.96. The minimum Gasteiger partial charge on any atom is -0.371 e. The maximum absolute atomic E-state index is 14.5. The van der Waals surface area contributed by atoms with Crippen molar-refractivity contribution in [3.63, 3.8) is 0 Å². The summed E-state index contributed by atoms with van der Waals surface area (Å²) in [7, 11) is 0. The lowest BCUT2D eigenvalue weighted by Gasteiger charge is -2.37. The van der Waals surface area contributed by atoms with E-state index in [2.05, 4.69) is 40.4 Å². The number of benzene rings is 1. The van der Waals surface area contributed by atoms with E-state index >= 15 is 0 Å². The molecule has 1 saturated heterocycles. The number of hydrogen-bond acceptors (Lipinski definition) is 4. The number of nitrogens with one attached hydrogen (secondary N) is 2. The monoisotopic (exact) mass is 366 g/mol. The number of allylic oxidation sites excluding steroid dienone is 2. The third-order valence-electron chi connectivity index (χ3n) is 5.63. The second-order valence-corrected chi connectivity index (χ2v) is 7.54. The number of piperazine rings is 1. The molecule has 1 spiro atoms. The summed E-state index contributed by atoms with van der Waals surface area (Å²) in [6.07, 6.45) is 9.19. The molecule has 5 heteroatoms. The summed E-state index contributed by atoms with van der Waals surface area (Å²) in [4.78, 5) is 7.01. The molecule has 1 aromatic rings. The second kappa shape index (κ2) is 7.31. The van der Waals surface area contributed by atoms with Crippen molar-refractivity contribution >= 4 is 11.4 Å². The molecule has 3 aliphatic rings. The first kappa shape index (κ1) is 18.0. The quantitative estimate of drug-likeness (QED) is 0.851. The number of halogens is 1. The molecule has 0 amide bonds. The van der Waals surface area contributed by atoms with Gasteiger partial charge in [0.2, 0.25) is 0 Å². The summed E-state index contributed by atoms with van der Waals surface area (Å²) in [5, 5.41) is 6.96. The molecule has 2 N–H and O–H groups in total. The van der Waals surface area contributed by atoms with Crippen LogP contribution in [0.5, 0.6) is 0 Å². The Kier molecular flexibility index (Phi) is 4.87. The third kappa shape index (κ3) is 3.56. The predicted octanol–water partition coefficient (Wildman–Crippen LogP) is 3.80. The Labute approximate surface area is 160 Å². The van der Waals surface area contributed by atoms with Gasteiger partial charge in [0.15, 0.2) is 0 Å². The Morgan fingerprint density at radius 1 is 1.37 bits per heavy atom. The van der Waals surface area contributed by atoms with E-state index < -0.39 is 0 Å². The van der Waals surface area contributed by atoms with Crippen LogP contribution in [0, 0.1) is 5.82 Å². The molecule has 0 bridgehead atoms. The highest BCUT2D eigenvalue weighted by Crippen LogP contribution is 2.40. The fraction of sp³-hybridized carbons (Fsp3) is 0.409. The van der Waals surface area contributed by atoms with Crippen molar-refractivity contribution in [3.8, 4) is 0 Å². The summed E-state index contributed by atoms with van der Waals surface area (Å²) in [6, 6.07) is 6.94. The van der Waals surface area contributed by atoms with E-state index in [0.717, 1.165) is 48.7 Å². The molecule has 2 fully saturated rings. The molecule has 0 unspecified atom stereocenters. The molecule has 27 heavy (non-hydrogen) atoms. The van der Waals surface area contributed by atoms with Crippen molar-refractivity contribution in [2.75, 3.05) is 19.6 Å². The molecule has 4 nitrogen and oxygen atoms in total. The van der Waals surface area contributed by atoms with Crippen molar-refractivity contribution in [2.24, 2.45) is 4.99 Å². The van der Waals surface area contributed by atoms with Gasteiger partial charge in [0.05, 0.1) is 0 Å². The highest BCUT2D eigenvalue weighted by molar-refractivity contribution is 6.16. The molecule has 1 aliphatic carbocycles. The molecule has 0 radical (unpaired) electrons. The molecule has 4 rings (SSSR count). The van der Waals surface area contributed by atoms with Crippen molar-refractivity contribution in [2.45, 2.75) is 38.6 Å². The van der Waals surface area contributed by atoms with Crippen LogP contribution in [0.2, 0.25) is 0 Å². The van der Waals surface area contributed by atoms with Crippen molar-refractivity contribution in [1.82, 2.24) is 15.5 Å². The summed E-state index contributed by atoms with van der Waals surface area (Å²) >= 11 is 0. The van der Waals surface area contributed by atoms with Crippen molar-refractivity contribution < 1.29 is 4.39 Å². The molecule has 142 valence electrons. The normalized spacial score (nSPS) is 22.9. The number of aliphatic imine (C=N–C) groups is 1. The highest BCUT2D eigenvalue weighted by Gasteiger charge is 2.46. The van der Waals surface area contributed by atoms with Crippen LogP contribution >= 0.6 is 0 Å². The first-order valence-corrected chi connectivity index (χ1v) is 9.79. The fourth-order valence-corrected chi connectivity index (χ4v) is 3.89. The second-order valence-electron chi connectivity index (χ2n) is 7.54. The van der Waals surface area contributed by atoms with E-state index in [-0.39, 0.29) is 11.4 Å². The number of amidine groups is 1. The minimum absolute atomic E-state index is 0.214. The van der Waals surface area contributed by atoms with Crippen LogP contribution in [0.3, 0.4) is 0 Å². The van der Waals surface area contributed by atoms with Crippen LogP contribution < -0.4 is 10.6 Å². The van der Waals surface area contributed by atoms with Crippen molar-refractivity contribution in [3.05, 3.63) is 65.4 Å². The van der Waals surface area contributed by atoms with Crippen LogP contribution in [0.25, 0.3) is 5.57 Å². The molecule has 1 saturated carbocycles. The van der Waals surface area contributed by atoms with Gasteiger partial charge in [0.1, 0.15) is 11.7 Å². The third-order valence-corrected chi connectivity index (χ3v) is 5.63. The molecule has 0 aromatic heterocycles. The minimum atomic E-state index is -0.214. The first-order valence-electron chi connectivity index (χ1n) is 9.79. The summed E-state index contributed by atoms with van der Waals surface area (Å²) < 4.78 is 14.5. The van der Waals surface area contributed by atoms with Crippen LogP contribution in [0.15, 0.2) is 59.0 Å². The standard InChI is InChI=1S/C22H27FN4/c1-3-4-11-24-21-20(16(2)27-13-12-26-22(15-27)9-10-22)18(14-25-21)17-7-5-6-8-19(17)23/h4-8,11,14,26H,3,9-10,12-13,15H2,1-2H3,(H,24,25)/b11-4+,20-16+. The number of nitrogens with zero attached hydrogens (tertiary/aromatic N) is 2. The van der Waals surface area contributed by atoms with Gasteiger partial charge in [0, 0.05) is 53.8 Å². The van der Waals surface area contributed by atoms with Gasteiger partial charge in [-0.05, 0) is 38.5 Å². The molecular formula is C22H27FN4. The first-order chi connectivity index (χ1) is 13.1. The fourth-order valence-electron chi connectivity index (χ4n) is 3.89. The summed E-state index contributed by atoms with van der Waals surface area (Å²) in [5.74, 6) is 0.576. The Balaban J connectivity index is 1.70. The van der Waals surface area contributed by atoms with E-state index in [1.807, 2.05) is 18.3 Å². The molecule has 2 heterocycles. The van der Waals surface area contributed by atoms with Crippen LogP contribution in [-0.4, -0.2) is 35.9 Å². The predicted molar refractivity (Wildman–Crippen MR) is 109 cm³/mol. The zero-order valence-corrected chi connectivity index (χ0v) is 16.1. The van der Waals surface area contributed by atoms with Gasteiger partial charge >= 0.3 is 0 Å². The Morgan fingerprint density at radius 3 is 2.93 bits per heavy atom. The van der Waals surface area contributed by atoms with Gasteiger partial charge in [-0.3, -0.25) is 0 Å². The van der Waals surface area contributed by atoms with E-state index in [0.29, 0.717) is 5.56 Å². The van der Waals surface area contributed by atoms with Gasteiger partial charge in [0.25, 0.3) is 0 Å². The van der Waals surface area contributed by atoms with E-state index in [4.69, 9.17) is 0 Å². The van der Waals surface area contributed by atoms with E-state index in [1.54, 1.807) is 12.3 Å². The Morgan fingerprint density at radius 2 is 2.19 bits per heavy atom. The van der Waals surface area contributed by atoms with Gasteiger partial charge in [-0.2, -0.15) is 0 Å². The van der Waals surface area contributed by atoms with Crippen LogP contribution in [0.4, 0.5) is 4.39 Å². The zero-order chi connectivity index (χ0) is 18.9. The summed E-state index contributed by atoms with van der Waals surface area (Å²) in [6.45, 7) is 7.18. The Bertz CT molecular complexity index is 846. The van der Waals surface area contributed by atoms with Gasteiger partial charge in [-0.1, -0.05) is 31.2 Å². The lowest BCUT2D eigenvalue weighted by Crippen LogP contribution is -2.52. The SMILES string of the molecule is CC/C=C/NC1=NC=C(c2ccccc2F)/C1=C(/C)N1CCNC2(CC2)C1. The topological polar surface area (TPSA) is 39.7 Å². The largest absolute Gasteiger partial charge is 0.371 e.